The maximum absolute atomic E-state index is 12.4. The van der Waals surface area contributed by atoms with Gasteiger partial charge in [0.1, 0.15) is 0 Å². The molecule has 0 bridgehead atoms. The van der Waals surface area contributed by atoms with Crippen LogP contribution in [0.3, 0.4) is 0 Å². The summed E-state index contributed by atoms with van der Waals surface area (Å²) in [6, 6.07) is -0.558. The Balaban J connectivity index is 3.52. The van der Waals surface area contributed by atoms with Crippen molar-refractivity contribution in [1.82, 2.24) is 5.32 Å². The number of ether oxygens (including phenoxy) is 1. The van der Waals surface area contributed by atoms with E-state index in [0.717, 1.165) is 83.5 Å². The lowest BCUT2D eigenvalue weighted by atomic mass is 10.0. The molecule has 2 unspecified atom stereocenters. The Hall–Kier alpha value is -2.18. The number of hydrogen-bond acceptors (Lipinski definition) is 5. The van der Waals surface area contributed by atoms with Crippen molar-refractivity contribution < 1.29 is 24.5 Å². The number of allylic oxidation sites excluding steroid dienone is 8. The lowest BCUT2D eigenvalue weighted by Gasteiger charge is -2.22. The van der Waals surface area contributed by atoms with Crippen LogP contribution >= 0.6 is 0 Å². The predicted octanol–water partition coefficient (Wildman–Crippen LogP) is 15.5. The van der Waals surface area contributed by atoms with E-state index in [1.807, 2.05) is 0 Å². The number of esters is 1. The Bertz CT molecular complexity index is 1020. The van der Waals surface area contributed by atoms with Crippen molar-refractivity contribution in [3.63, 3.8) is 0 Å². The van der Waals surface area contributed by atoms with E-state index in [-0.39, 0.29) is 18.5 Å². The molecule has 0 aromatic rings. The Labute approximate surface area is 372 Å². The zero-order chi connectivity index (χ0) is 43.7. The summed E-state index contributed by atoms with van der Waals surface area (Å²) in [4.78, 5) is 24.4. The molecule has 0 radical (unpaired) electrons. The largest absolute Gasteiger partial charge is 0.466 e. The molecule has 6 nitrogen and oxygen atoms in total. The van der Waals surface area contributed by atoms with Gasteiger partial charge in [-0.25, -0.2) is 0 Å². The third-order valence-electron chi connectivity index (χ3n) is 11.6. The van der Waals surface area contributed by atoms with Gasteiger partial charge >= 0.3 is 5.97 Å². The first-order valence-electron chi connectivity index (χ1n) is 25.9. The van der Waals surface area contributed by atoms with Gasteiger partial charge in [-0.15, -0.1) is 0 Å². The minimum Gasteiger partial charge on any atom is -0.466 e. The van der Waals surface area contributed by atoms with Crippen molar-refractivity contribution in [2.75, 3.05) is 13.2 Å². The van der Waals surface area contributed by atoms with E-state index < -0.39 is 12.1 Å². The van der Waals surface area contributed by atoms with Crippen LogP contribution in [-0.2, 0) is 14.3 Å². The molecule has 0 aliphatic rings. The first-order valence-corrected chi connectivity index (χ1v) is 25.9. The van der Waals surface area contributed by atoms with Crippen molar-refractivity contribution in [2.45, 2.75) is 270 Å². The highest BCUT2D eigenvalue weighted by Gasteiger charge is 2.20. The van der Waals surface area contributed by atoms with Crippen molar-refractivity contribution in [3.8, 4) is 0 Å². The Morgan fingerprint density at radius 1 is 0.483 bits per heavy atom. The molecule has 1 amide bonds. The third kappa shape index (κ3) is 45.3. The molecule has 0 saturated carbocycles. The molecule has 0 rings (SSSR count). The number of nitrogens with one attached hydrogen (secondary N) is 1. The van der Waals surface area contributed by atoms with Crippen molar-refractivity contribution in [3.05, 3.63) is 48.6 Å². The zero-order valence-corrected chi connectivity index (χ0v) is 39.7. The number of hydrogen-bond donors (Lipinski definition) is 3. The number of aliphatic hydroxyl groups is 2. The SMILES string of the molecule is CCCCC/C=C\C/C=C\CCCCCCCCCC(=O)OCCCCC/C=C\C=C/CCCCCCCCC(=O)NC(CO)C(O)CCCCCCCCCCCCC. The molecule has 2 atom stereocenters. The van der Waals surface area contributed by atoms with Crippen LogP contribution < -0.4 is 5.32 Å². The topological polar surface area (TPSA) is 95.9 Å². The first kappa shape index (κ1) is 57.8. The zero-order valence-electron chi connectivity index (χ0n) is 39.7. The van der Waals surface area contributed by atoms with Crippen LogP contribution in [0.2, 0.25) is 0 Å². The Morgan fingerprint density at radius 3 is 1.40 bits per heavy atom. The number of amides is 1. The van der Waals surface area contributed by atoms with E-state index in [4.69, 9.17) is 4.74 Å². The third-order valence-corrected chi connectivity index (χ3v) is 11.6. The normalized spacial score (nSPS) is 13.1. The van der Waals surface area contributed by atoms with Gasteiger partial charge in [-0.2, -0.15) is 0 Å². The fourth-order valence-electron chi connectivity index (χ4n) is 7.60. The second-order valence-corrected chi connectivity index (χ2v) is 17.5. The lowest BCUT2D eigenvalue weighted by Crippen LogP contribution is -2.45. The number of carbonyl (C=O) groups is 2. The van der Waals surface area contributed by atoms with Crippen molar-refractivity contribution >= 4 is 11.9 Å². The van der Waals surface area contributed by atoms with Crippen LogP contribution in [0.4, 0.5) is 0 Å². The molecular formula is C54H99NO5. The average molecular weight is 842 g/mol. The summed E-state index contributed by atoms with van der Waals surface area (Å²) in [5, 5.41) is 23.1. The number of carbonyl (C=O) groups excluding carboxylic acids is 2. The maximum atomic E-state index is 12.4. The molecule has 0 aliphatic heterocycles. The molecule has 6 heteroatoms. The van der Waals surface area contributed by atoms with Crippen LogP contribution in [0.25, 0.3) is 0 Å². The van der Waals surface area contributed by atoms with Crippen molar-refractivity contribution in [2.24, 2.45) is 0 Å². The molecule has 0 heterocycles. The maximum Gasteiger partial charge on any atom is 0.305 e. The summed E-state index contributed by atoms with van der Waals surface area (Å²) in [7, 11) is 0. The van der Waals surface area contributed by atoms with Gasteiger partial charge in [-0.05, 0) is 89.9 Å². The molecule has 0 fully saturated rings. The van der Waals surface area contributed by atoms with Gasteiger partial charge in [-0.1, -0.05) is 204 Å². The molecule has 0 saturated heterocycles. The molecule has 0 spiro atoms. The van der Waals surface area contributed by atoms with Crippen LogP contribution in [0.1, 0.15) is 258 Å². The number of aliphatic hydroxyl groups excluding tert-OH is 2. The van der Waals surface area contributed by atoms with Crippen LogP contribution in [0.5, 0.6) is 0 Å². The summed E-state index contributed by atoms with van der Waals surface area (Å²) < 4.78 is 5.44. The summed E-state index contributed by atoms with van der Waals surface area (Å²) in [6.45, 7) is 4.85. The molecule has 0 aliphatic carbocycles. The van der Waals surface area contributed by atoms with E-state index in [2.05, 4.69) is 67.8 Å². The first-order chi connectivity index (χ1) is 29.5. The van der Waals surface area contributed by atoms with Gasteiger partial charge in [0, 0.05) is 12.8 Å². The highest BCUT2D eigenvalue weighted by Crippen LogP contribution is 2.15. The average Bonchev–Trinajstić information content (AvgIpc) is 3.25. The second kappa shape index (κ2) is 49.5. The molecule has 0 aromatic carbocycles. The molecule has 0 aromatic heterocycles. The monoisotopic (exact) mass is 842 g/mol. The van der Waals surface area contributed by atoms with E-state index in [1.54, 1.807) is 0 Å². The van der Waals surface area contributed by atoms with Crippen LogP contribution in [0, 0.1) is 0 Å². The summed E-state index contributed by atoms with van der Waals surface area (Å²) in [6.07, 6.45) is 60.8. The summed E-state index contributed by atoms with van der Waals surface area (Å²) in [5.41, 5.74) is 0. The van der Waals surface area contributed by atoms with Gasteiger partial charge in [-0.3, -0.25) is 9.59 Å². The summed E-state index contributed by atoms with van der Waals surface area (Å²) >= 11 is 0. The Morgan fingerprint density at radius 2 is 0.883 bits per heavy atom. The standard InChI is InChI=1S/C54H99NO5/c1-3-5-7-9-11-13-15-16-17-18-21-24-28-32-36-40-44-48-54(59)60-49-45-41-37-33-29-25-22-19-20-23-27-31-35-39-43-47-53(58)55-51(50-56)52(57)46-42-38-34-30-26-14-12-10-8-6-4-2/h11,13,16-17,19,22,25,29,51-52,56-57H,3-10,12,14-15,18,20-21,23-24,26-28,30-50H2,1-2H3,(H,55,58)/b13-11-,17-16-,22-19-,29-25-. The van der Waals surface area contributed by atoms with E-state index in [0.29, 0.717) is 25.9 Å². The number of unbranched alkanes of at least 4 members (excludes halogenated alkanes) is 29. The molecule has 3 N–H and O–H groups in total. The Kier molecular flexibility index (Phi) is 47.7. The second-order valence-electron chi connectivity index (χ2n) is 17.5. The van der Waals surface area contributed by atoms with E-state index >= 15 is 0 Å². The number of rotatable bonds is 47. The highest BCUT2D eigenvalue weighted by atomic mass is 16.5. The lowest BCUT2D eigenvalue weighted by molar-refractivity contribution is -0.143. The smallest absolute Gasteiger partial charge is 0.305 e. The molecule has 60 heavy (non-hydrogen) atoms. The van der Waals surface area contributed by atoms with Gasteiger partial charge < -0.3 is 20.3 Å². The van der Waals surface area contributed by atoms with Gasteiger partial charge in [0.2, 0.25) is 5.91 Å². The highest BCUT2D eigenvalue weighted by molar-refractivity contribution is 5.76. The van der Waals surface area contributed by atoms with E-state index in [1.165, 1.54) is 141 Å². The fraction of sp³-hybridized carbons (Fsp3) is 0.815. The minimum atomic E-state index is -0.678. The van der Waals surface area contributed by atoms with Crippen molar-refractivity contribution in [1.29, 1.82) is 0 Å². The van der Waals surface area contributed by atoms with Gasteiger partial charge in [0.15, 0.2) is 0 Å². The van der Waals surface area contributed by atoms with Crippen LogP contribution in [0.15, 0.2) is 48.6 Å². The fourth-order valence-corrected chi connectivity index (χ4v) is 7.60. The van der Waals surface area contributed by atoms with Gasteiger partial charge in [0.05, 0.1) is 25.4 Å². The van der Waals surface area contributed by atoms with E-state index in [9.17, 15) is 19.8 Å². The predicted molar refractivity (Wildman–Crippen MR) is 259 cm³/mol. The van der Waals surface area contributed by atoms with Gasteiger partial charge in [0.25, 0.3) is 0 Å². The quantitative estimate of drug-likeness (QED) is 0.0245. The molecule has 350 valence electrons. The molecular weight excluding hydrogens is 743 g/mol. The van der Waals surface area contributed by atoms with Crippen LogP contribution in [-0.4, -0.2) is 47.4 Å². The minimum absolute atomic E-state index is 0.0304. The summed E-state index contributed by atoms with van der Waals surface area (Å²) in [5.74, 6) is -0.0907.